The second-order valence-electron chi connectivity index (χ2n) is 7.50. The number of carbonyl (C=O) groups excluding carboxylic acids is 1. The number of hydrogen-bond donors (Lipinski definition) is 2. The van der Waals surface area contributed by atoms with E-state index in [-0.39, 0.29) is 12.1 Å². The van der Waals surface area contributed by atoms with E-state index in [1.807, 2.05) is 100 Å². The predicted octanol–water partition coefficient (Wildman–Crippen LogP) is 4.89. The van der Waals surface area contributed by atoms with E-state index in [4.69, 9.17) is 4.74 Å². The molecule has 0 saturated heterocycles. The van der Waals surface area contributed by atoms with Gasteiger partial charge in [0, 0.05) is 19.3 Å². The smallest absolute Gasteiger partial charge is 0.319 e. The zero-order valence-corrected chi connectivity index (χ0v) is 18.5. The molecule has 0 heterocycles. The number of anilines is 3. The van der Waals surface area contributed by atoms with Crippen LogP contribution in [0.2, 0.25) is 0 Å². The van der Waals surface area contributed by atoms with E-state index in [2.05, 4.69) is 20.4 Å². The Labute approximate surface area is 184 Å². The lowest BCUT2D eigenvalue weighted by molar-refractivity contribution is 0.243. The maximum atomic E-state index is 12.7. The highest BCUT2D eigenvalue weighted by Gasteiger charge is 2.17. The topological polar surface area (TPSA) is 56.8 Å². The van der Waals surface area contributed by atoms with E-state index in [1.165, 1.54) is 0 Å². The molecule has 0 aliphatic carbocycles. The van der Waals surface area contributed by atoms with Gasteiger partial charge < -0.3 is 25.2 Å². The highest BCUT2D eigenvalue weighted by Crippen LogP contribution is 2.30. The summed E-state index contributed by atoms with van der Waals surface area (Å²) < 4.78 is 5.34. The maximum absolute atomic E-state index is 12.7. The zero-order chi connectivity index (χ0) is 22.2. The first kappa shape index (κ1) is 22.2. The second-order valence-corrected chi connectivity index (χ2v) is 7.50. The molecule has 0 aromatic heterocycles. The predicted molar refractivity (Wildman–Crippen MR) is 127 cm³/mol. The lowest BCUT2D eigenvalue weighted by Crippen LogP contribution is -2.37. The minimum Gasteiger partial charge on any atom is -0.497 e. The van der Waals surface area contributed by atoms with Gasteiger partial charge in [-0.3, -0.25) is 0 Å². The summed E-state index contributed by atoms with van der Waals surface area (Å²) in [7, 11) is 7.62. The fourth-order valence-corrected chi connectivity index (χ4v) is 3.47. The molecule has 3 rings (SSSR count). The highest BCUT2D eigenvalue weighted by molar-refractivity contribution is 5.94. The molecule has 6 heteroatoms. The molecule has 0 saturated carbocycles. The number of para-hydroxylation sites is 3. The maximum Gasteiger partial charge on any atom is 0.319 e. The van der Waals surface area contributed by atoms with Gasteiger partial charge in [-0.15, -0.1) is 0 Å². The van der Waals surface area contributed by atoms with Crippen LogP contribution in [-0.2, 0) is 0 Å². The number of ether oxygens (including phenoxy) is 1. The van der Waals surface area contributed by atoms with Gasteiger partial charge in [0.15, 0.2) is 0 Å². The third kappa shape index (κ3) is 5.77. The van der Waals surface area contributed by atoms with Gasteiger partial charge in [0.25, 0.3) is 0 Å². The average molecular weight is 419 g/mol. The third-order valence-electron chi connectivity index (χ3n) is 5.21. The summed E-state index contributed by atoms with van der Waals surface area (Å²) in [6.45, 7) is 0.461. The number of rotatable bonds is 8. The van der Waals surface area contributed by atoms with Crippen LogP contribution in [0.4, 0.5) is 21.9 Å². The van der Waals surface area contributed by atoms with Crippen LogP contribution in [0.15, 0.2) is 78.9 Å². The van der Waals surface area contributed by atoms with Gasteiger partial charge in [0.1, 0.15) is 5.75 Å². The van der Waals surface area contributed by atoms with Gasteiger partial charge in [-0.05, 0) is 56.1 Å². The lowest BCUT2D eigenvalue weighted by Gasteiger charge is -2.26. The number of hydrogen-bond acceptors (Lipinski definition) is 4. The number of carbonyl (C=O) groups is 1. The summed E-state index contributed by atoms with van der Waals surface area (Å²) in [6.07, 6.45) is 0. The normalized spacial score (nSPS) is 11.6. The van der Waals surface area contributed by atoms with Crippen LogP contribution in [0, 0.1) is 0 Å². The fourth-order valence-electron chi connectivity index (χ4n) is 3.47. The summed E-state index contributed by atoms with van der Waals surface area (Å²) in [5.74, 6) is 0.798. The van der Waals surface area contributed by atoms with Gasteiger partial charge in [0.2, 0.25) is 0 Å². The number of amides is 2. The van der Waals surface area contributed by atoms with Crippen molar-refractivity contribution in [1.29, 1.82) is 0 Å². The molecule has 0 aliphatic heterocycles. The van der Waals surface area contributed by atoms with Crippen molar-refractivity contribution in [3.8, 4) is 5.75 Å². The molecule has 2 N–H and O–H groups in total. The summed E-state index contributed by atoms with van der Waals surface area (Å²) in [4.78, 5) is 16.8. The monoisotopic (exact) mass is 418 g/mol. The Morgan fingerprint density at radius 2 is 1.65 bits per heavy atom. The van der Waals surface area contributed by atoms with Crippen LogP contribution in [0.5, 0.6) is 5.75 Å². The summed E-state index contributed by atoms with van der Waals surface area (Å²) in [5.41, 5.74) is 3.78. The Kier molecular flexibility index (Phi) is 7.51. The van der Waals surface area contributed by atoms with Crippen LogP contribution in [0.3, 0.4) is 0 Å². The Hall–Kier alpha value is -3.51. The van der Waals surface area contributed by atoms with Gasteiger partial charge in [0.05, 0.1) is 24.5 Å². The molecule has 0 aliphatic rings. The molecule has 0 fully saturated rings. The number of benzene rings is 3. The fraction of sp³-hybridized carbons (Fsp3) is 0.240. The number of nitrogens with zero attached hydrogens (tertiary/aromatic N) is 2. The largest absolute Gasteiger partial charge is 0.497 e. The SMILES string of the molecule is COc1cccc(C(CNC(=O)Nc2ccccc2N(C)c2ccccc2)N(C)C)c1. The quantitative estimate of drug-likeness (QED) is 0.547. The van der Waals surface area contributed by atoms with Crippen molar-refractivity contribution >= 4 is 23.1 Å². The molecule has 1 unspecified atom stereocenters. The van der Waals surface area contributed by atoms with Crippen molar-refractivity contribution in [3.63, 3.8) is 0 Å². The highest BCUT2D eigenvalue weighted by atomic mass is 16.5. The molecular weight excluding hydrogens is 388 g/mol. The van der Waals surface area contributed by atoms with Crippen LogP contribution in [-0.4, -0.2) is 45.7 Å². The lowest BCUT2D eigenvalue weighted by atomic mass is 10.1. The van der Waals surface area contributed by atoms with Crippen LogP contribution >= 0.6 is 0 Å². The van der Waals surface area contributed by atoms with E-state index in [1.54, 1.807) is 7.11 Å². The Morgan fingerprint density at radius 3 is 2.35 bits per heavy atom. The van der Waals surface area contributed by atoms with Gasteiger partial charge >= 0.3 is 6.03 Å². The van der Waals surface area contributed by atoms with Crippen LogP contribution in [0.25, 0.3) is 0 Å². The number of methoxy groups -OCH3 is 1. The van der Waals surface area contributed by atoms with Crippen molar-refractivity contribution in [2.75, 3.05) is 45.0 Å². The molecule has 3 aromatic rings. The van der Waals surface area contributed by atoms with Crippen molar-refractivity contribution in [2.45, 2.75) is 6.04 Å². The first-order chi connectivity index (χ1) is 15.0. The van der Waals surface area contributed by atoms with Gasteiger partial charge in [-0.25, -0.2) is 4.79 Å². The second kappa shape index (κ2) is 10.5. The van der Waals surface area contributed by atoms with Gasteiger partial charge in [-0.1, -0.05) is 42.5 Å². The molecule has 0 bridgehead atoms. The third-order valence-corrected chi connectivity index (χ3v) is 5.21. The van der Waals surface area contributed by atoms with Crippen LogP contribution < -0.4 is 20.3 Å². The van der Waals surface area contributed by atoms with Gasteiger partial charge in [-0.2, -0.15) is 0 Å². The summed E-state index contributed by atoms with van der Waals surface area (Å²) in [6, 6.07) is 25.5. The minimum absolute atomic E-state index is 0.0167. The number of nitrogens with one attached hydrogen (secondary N) is 2. The number of urea groups is 1. The van der Waals surface area contributed by atoms with Crippen LogP contribution in [0.1, 0.15) is 11.6 Å². The van der Waals surface area contributed by atoms with Crippen molar-refractivity contribution in [1.82, 2.24) is 10.2 Å². The Balaban J connectivity index is 1.69. The molecule has 2 amide bonds. The zero-order valence-electron chi connectivity index (χ0n) is 18.5. The van der Waals surface area contributed by atoms with E-state index < -0.39 is 0 Å². The van der Waals surface area contributed by atoms with Crippen molar-refractivity contribution in [2.24, 2.45) is 0 Å². The molecule has 3 aromatic carbocycles. The number of likely N-dealkylation sites (N-methyl/N-ethyl adjacent to an activating group) is 1. The van der Waals surface area contributed by atoms with E-state index in [0.29, 0.717) is 6.54 Å². The molecule has 0 spiro atoms. The molecule has 31 heavy (non-hydrogen) atoms. The summed E-state index contributed by atoms with van der Waals surface area (Å²) in [5, 5.41) is 6.00. The summed E-state index contributed by atoms with van der Waals surface area (Å²) >= 11 is 0. The van der Waals surface area contributed by atoms with Crippen molar-refractivity contribution in [3.05, 3.63) is 84.4 Å². The molecule has 162 valence electrons. The van der Waals surface area contributed by atoms with E-state index in [9.17, 15) is 4.79 Å². The average Bonchev–Trinajstić information content (AvgIpc) is 2.79. The van der Waals surface area contributed by atoms with E-state index in [0.717, 1.165) is 28.4 Å². The molecule has 0 radical (unpaired) electrons. The Bertz CT molecular complexity index is 992. The molecule has 1 atom stereocenters. The first-order valence-corrected chi connectivity index (χ1v) is 10.2. The standard InChI is InChI=1S/C25H30N4O2/c1-28(2)24(19-11-10-14-21(17-19)31-4)18-26-25(30)27-22-15-8-9-16-23(22)29(3)20-12-6-5-7-13-20/h5-17,24H,18H2,1-4H3,(H2,26,27,30). The Morgan fingerprint density at radius 1 is 0.935 bits per heavy atom. The molecular formula is C25H30N4O2. The minimum atomic E-state index is -0.247. The van der Waals surface area contributed by atoms with E-state index >= 15 is 0 Å². The first-order valence-electron chi connectivity index (χ1n) is 10.2. The van der Waals surface area contributed by atoms with Crippen molar-refractivity contribution < 1.29 is 9.53 Å². The molecule has 6 nitrogen and oxygen atoms in total.